The molecule has 0 aromatic rings. The van der Waals surface area contributed by atoms with Crippen LogP contribution >= 0.6 is 0 Å². The van der Waals surface area contributed by atoms with Gasteiger partial charge in [-0.3, -0.25) is 9.59 Å². The van der Waals surface area contributed by atoms with Gasteiger partial charge in [-0.1, -0.05) is 0 Å². The summed E-state index contributed by atoms with van der Waals surface area (Å²) in [7, 11) is 0. The fraction of sp³-hybridized carbons (Fsp3) is 0.833. The molecule has 2 heterocycles. The van der Waals surface area contributed by atoms with Gasteiger partial charge in [0.2, 0.25) is 5.91 Å². The summed E-state index contributed by atoms with van der Waals surface area (Å²) in [6.45, 7) is 2.92. The van der Waals surface area contributed by atoms with Crippen molar-refractivity contribution in [1.29, 1.82) is 0 Å². The summed E-state index contributed by atoms with van der Waals surface area (Å²) in [5.74, 6) is -0.872. The molecule has 1 atom stereocenters. The number of aliphatic carboxylic acids is 1. The maximum absolute atomic E-state index is 12.2. The molecule has 0 aromatic heterocycles. The molecule has 0 radical (unpaired) electrons. The van der Waals surface area contributed by atoms with Gasteiger partial charge < -0.3 is 15.3 Å². The smallest absolute Gasteiger partial charge is 0.308 e. The molecule has 0 aromatic carbocycles. The highest BCUT2D eigenvalue weighted by molar-refractivity contribution is 5.80. The van der Waals surface area contributed by atoms with E-state index in [4.69, 9.17) is 5.11 Å². The van der Waals surface area contributed by atoms with E-state index in [0.29, 0.717) is 13.0 Å². The summed E-state index contributed by atoms with van der Waals surface area (Å²) in [4.78, 5) is 24.9. The predicted molar refractivity (Wildman–Crippen MR) is 62.5 cm³/mol. The van der Waals surface area contributed by atoms with Crippen molar-refractivity contribution in [3.63, 3.8) is 0 Å². The molecule has 17 heavy (non-hydrogen) atoms. The summed E-state index contributed by atoms with van der Waals surface area (Å²) in [5, 5.41) is 12.2. The first-order valence-corrected chi connectivity index (χ1v) is 6.41. The minimum atomic E-state index is -0.771. The minimum absolute atomic E-state index is 0.101. The summed E-state index contributed by atoms with van der Waals surface area (Å²) in [5.41, 5.74) is 0. The van der Waals surface area contributed by atoms with Crippen LogP contribution in [0.5, 0.6) is 0 Å². The van der Waals surface area contributed by atoms with E-state index < -0.39 is 5.97 Å². The summed E-state index contributed by atoms with van der Waals surface area (Å²) in [6.07, 6.45) is 3.28. The van der Waals surface area contributed by atoms with Crippen LogP contribution in [0.4, 0.5) is 0 Å². The van der Waals surface area contributed by atoms with Crippen molar-refractivity contribution in [3.8, 4) is 0 Å². The monoisotopic (exact) mass is 240 g/mol. The average Bonchev–Trinajstić information content (AvgIpc) is 2.39. The van der Waals surface area contributed by atoms with Crippen LogP contribution in [-0.4, -0.2) is 48.1 Å². The van der Waals surface area contributed by atoms with Gasteiger partial charge in [-0.25, -0.2) is 0 Å². The van der Waals surface area contributed by atoms with Crippen molar-refractivity contribution < 1.29 is 14.7 Å². The van der Waals surface area contributed by atoms with E-state index in [1.165, 1.54) is 0 Å². The third-order valence-electron chi connectivity index (χ3n) is 3.77. The van der Waals surface area contributed by atoms with Crippen LogP contribution in [0.3, 0.4) is 0 Å². The van der Waals surface area contributed by atoms with E-state index >= 15 is 0 Å². The molecule has 5 heteroatoms. The molecule has 2 aliphatic rings. The molecular weight excluding hydrogens is 220 g/mol. The molecule has 5 nitrogen and oxygen atoms in total. The normalized spacial score (nSPS) is 26.8. The number of hydrogen-bond acceptors (Lipinski definition) is 3. The van der Waals surface area contributed by atoms with Gasteiger partial charge in [-0.05, 0) is 38.8 Å². The van der Waals surface area contributed by atoms with E-state index in [1.807, 2.05) is 0 Å². The molecule has 0 unspecified atom stereocenters. The molecule has 2 N–H and O–H groups in total. The number of amides is 1. The standard InChI is InChI=1S/C12H20N2O3/c15-11(9-3-5-13-6-4-9)14-7-1-2-10(8-14)12(16)17/h9-10,13H,1-8H2,(H,16,17)/t10-/m1/s1. The second kappa shape index (κ2) is 5.49. The van der Waals surface area contributed by atoms with Crippen LogP contribution in [0, 0.1) is 11.8 Å². The Kier molecular flexibility index (Phi) is 3.99. The second-order valence-electron chi connectivity index (χ2n) is 4.99. The zero-order valence-electron chi connectivity index (χ0n) is 10.0. The first kappa shape index (κ1) is 12.4. The van der Waals surface area contributed by atoms with Crippen molar-refractivity contribution >= 4 is 11.9 Å². The third kappa shape index (κ3) is 2.97. The van der Waals surface area contributed by atoms with Crippen LogP contribution < -0.4 is 5.32 Å². The van der Waals surface area contributed by atoms with Gasteiger partial charge >= 0.3 is 5.97 Å². The van der Waals surface area contributed by atoms with Gasteiger partial charge in [0.25, 0.3) is 0 Å². The highest BCUT2D eigenvalue weighted by atomic mass is 16.4. The first-order valence-electron chi connectivity index (χ1n) is 6.41. The molecule has 0 saturated carbocycles. The van der Waals surface area contributed by atoms with Crippen LogP contribution in [0.1, 0.15) is 25.7 Å². The van der Waals surface area contributed by atoms with E-state index in [9.17, 15) is 9.59 Å². The van der Waals surface area contributed by atoms with E-state index in [0.717, 1.165) is 38.9 Å². The number of carboxylic acids is 1. The number of carboxylic acid groups (broad SMARTS) is 1. The number of nitrogens with zero attached hydrogens (tertiary/aromatic N) is 1. The number of rotatable bonds is 2. The Morgan fingerprint density at radius 1 is 1.12 bits per heavy atom. The van der Waals surface area contributed by atoms with E-state index in [-0.39, 0.29) is 17.7 Å². The zero-order chi connectivity index (χ0) is 12.3. The topological polar surface area (TPSA) is 69.6 Å². The van der Waals surface area contributed by atoms with Crippen LogP contribution in [0.2, 0.25) is 0 Å². The molecule has 2 saturated heterocycles. The number of nitrogens with one attached hydrogen (secondary N) is 1. The lowest BCUT2D eigenvalue weighted by molar-refractivity contribution is -0.147. The van der Waals surface area contributed by atoms with Crippen molar-refractivity contribution in [2.75, 3.05) is 26.2 Å². The molecule has 0 aliphatic carbocycles. The SMILES string of the molecule is O=C(O)[C@@H]1CCCN(C(=O)C2CCNCC2)C1. The summed E-state index contributed by atoms with van der Waals surface area (Å²) < 4.78 is 0. The Hall–Kier alpha value is -1.10. The number of carbonyl (C=O) groups excluding carboxylic acids is 1. The Labute approximate surface area is 101 Å². The molecule has 2 aliphatic heterocycles. The van der Waals surface area contributed by atoms with Gasteiger partial charge in [0.1, 0.15) is 0 Å². The maximum atomic E-state index is 12.2. The van der Waals surface area contributed by atoms with Crippen molar-refractivity contribution in [2.24, 2.45) is 11.8 Å². The second-order valence-corrected chi connectivity index (χ2v) is 4.99. The minimum Gasteiger partial charge on any atom is -0.481 e. The quantitative estimate of drug-likeness (QED) is 0.729. The zero-order valence-corrected chi connectivity index (χ0v) is 10.0. The van der Waals surface area contributed by atoms with Crippen molar-refractivity contribution in [3.05, 3.63) is 0 Å². The Bertz CT molecular complexity index is 300. The molecule has 0 bridgehead atoms. The number of hydrogen-bond donors (Lipinski definition) is 2. The Morgan fingerprint density at radius 3 is 2.47 bits per heavy atom. The molecule has 1 amide bonds. The number of carbonyl (C=O) groups is 2. The van der Waals surface area contributed by atoms with Gasteiger partial charge in [-0.2, -0.15) is 0 Å². The fourth-order valence-electron chi connectivity index (χ4n) is 2.71. The molecule has 0 spiro atoms. The molecule has 2 rings (SSSR count). The average molecular weight is 240 g/mol. The predicted octanol–water partition coefficient (Wildman–Crippen LogP) is 0.309. The Balaban J connectivity index is 1.91. The lowest BCUT2D eigenvalue weighted by atomic mass is 9.93. The highest BCUT2D eigenvalue weighted by Gasteiger charge is 2.31. The fourth-order valence-corrected chi connectivity index (χ4v) is 2.71. The lowest BCUT2D eigenvalue weighted by Gasteiger charge is -2.34. The maximum Gasteiger partial charge on any atom is 0.308 e. The van der Waals surface area contributed by atoms with Crippen molar-refractivity contribution in [2.45, 2.75) is 25.7 Å². The number of likely N-dealkylation sites (tertiary alicyclic amines) is 1. The van der Waals surface area contributed by atoms with E-state index in [2.05, 4.69) is 5.32 Å². The third-order valence-corrected chi connectivity index (χ3v) is 3.77. The van der Waals surface area contributed by atoms with Gasteiger partial charge in [0.15, 0.2) is 0 Å². The number of piperidine rings is 2. The van der Waals surface area contributed by atoms with Crippen molar-refractivity contribution in [1.82, 2.24) is 10.2 Å². The summed E-state index contributed by atoms with van der Waals surface area (Å²) >= 11 is 0. The summed E-state index contributed by atoms with van der Waals surface area (Å²) in [6, 6.07) is 0. The van der Waals surface area contributed by atoms with Gasteiger partial charge in [-0.15, -0.1) is 0 Å². The van der Waals surface area contributed by atoms with Crippen LogP contribution in [-0.2, 0) is 9.59 Å². The first-order chi connectivity index (χ1) is 8.18. The molecular formula is C12H20N2O3. The van der Waals surface area contributed by atoms with Crippen LogP contribution in [0.15, 0.2) is 0 Å². The van der Waals surface area contributed by atoms with E-state index in [1.54, 1.807) is 4.90 Å². The lowest BCUT2D eigenvalue weighted by Crippen LogP contribution is -2.46. The highest BCUT2D eigenvalue weighted by Crippen LogP contribution is 2.21. The largest absolute Gasteiger partial charge is 0.481 e. The Morgan fingerprint density at radius 2 is 1.82 bits per heavy atom. The van der Waals surface area contributed by atoms with Gasteiger partial charge in [0.05, 0.1) is 5.92 Å². The molecule has 2 fully saturated rings. The van der Waals surface area contributed by atoms with Crippen LogP contribution in [0.25, 0.3) is 0 Å². The van der Waals surface area contributed by atoms with Gasteiger partial charge in [0, 0.05) is 19.0 Å². The molecule has 96 valence electrons.